The molecule has 1 unspecified atom stereocenters. The first-order valence-corrected chi connectivity index (χ1v) is 5.83. The molecular weight excluding hydrogens is 216 g/mol. The number of carbonyl (C=O) groups excluding carboxylic acids is 1. The molecule has 1 aromatic rings. The molecule has 4 heteroatoms. The van der Waals surface area contributed by atoms with Crippen LogP contribution in [0.4, 0.5) is 0 Å². The van der Waals surface area contributed by atoms with E-state index in [4.69, 9.17) is 0 Å². The first-order valence-electron chi connectivity index (χ1n) is 5.83. The number of nitrogens with one attached hydrogen (secondary N) is 1. The van der Waals surface area contributed by atoms with Gasteiger partial charge in [0.2, 0.25) is 0 Å². The topological polar surface area (TPSA) is 61.7 Å². The molecule has 3 rings (SSSR count). The smallest absolute Gasteiger partial charge is 0.269 e. The van der Waals surface area contributed by atoms with E-state index in [-0.39, 0.29) is 5.41 Å². The zero-order valence-corrected chi connectivity index (χ0v) is 9.39. The molecule has 0 saturated heterocycles. The summed E-state index contributed by atoms with van der Waals surface area (Å²) in [6.45, 7) is 0. The van der Waals surface area contributed by atoms with Crippen LogP contribution in [0.15, 0.2) is 35.4 Å². The first kappa shape index (κ1) is 10.5. The van der Waals surface area contributed by atoms with Gasteiger partial charge in [-0.2, -0.15) is 5.10 Å². The first-order chi connectivity index (χ1) is 8.22. The zero-order chi connectivity index (χ0) is 11.9. The number of hydrogen-bond donors (Lipinski definition) is 2. The van der Waals surface area contributed by atoms with Crippen LogP contribution in [0.2, 0.25) is 0 Å². The molecule has 0 bridgehead atoms. The molecule has 88 valence electrons. The number of aliphatic hydroxyl groups is 1. The van der Waals surface area contributed by atoms with Crippen LogP contribution in [-0.4, -0.2) is 22.8 Å². The van der Waals surface area contributed by atoms with E-state index in [0.29, 0.717) is 6.42 Å². The number of benzene rings is 1. The van der Waals surface area contributed by atoms with Crippen molar-refractivity contribution in [3.8, 4) is 0 Å². The minimum Gasteiger partial charge on any atom is -0.383 e. The van der Waals surface area contributed by atoms with Crippen molar-refractivity contribution >= 4 is 11.6 Å². The summed E-state index contributed by atoms with van der Waals surface area (Å²) in [6.07, 6.45) is 1.47. The molecule has 1 atom stereocenters. The summed E-state index contributed by atoms with van der Waals surface area (Å²) in [5.74, 6) is -0.405. The Labute approximate surface area is 99.3 Å². The molecule has 1 amide bonds. The van der Waals surface area contributed by atoms with E-state index in [1.165, 1.54) is 5.56 Å². The fourth-order valence-electron chi connectivity index (χ4n) is 2.45. The predicted molar refractivity (Wildman–Crippen MR) is 63.6 cm³/mol. The minimum absolute atomic E-state index is 0.0457. The normalized spacial score (nSPS) is 26.1. The molecule has 1 heterocycles. The summed E-state index contributed by atoms with van der Waals surface area (Å²) in [6, 6.07) is 10.2. The van der Waals surface area contributed by atoms with Gasteiger partial charge < -0.3 is 5.11 Å². The Hall–Kier alpha value is -1.68. The van der Waals surface area contributed by atoms with Gasteiger partial charge in [-0.3, -0.25) is 4.79 Å². The summed E-state index contributed by atoms with van der Waals surface area (Å²) >= 11 is 0. The highest BCUT2D eigenvalue weighted by Gasteiger charge is 2.50. The van der Waals surface area contributed by atoms with E-state index < -0.39 is 12.0 Å². The lowest BCUT2D eigenvalue weighted by Gasteiger charge is -2.24. The number of nitrogens with zero attached hydrogens (tertiary/aromatic N) is 1. The Balaban J connectivity index is 1.93. The van der Waals surface area contributed by atoms with E-state index >= 15 is 0 Å². The monoisotopic (exact) mass is 230 g/mol. The van der Waals surface area contributed by atoms with Gasteiger partial charge in [0.05, 0.1) is 5.71 Å². The van der Waals surface area contributed by atoms with Gasteiger partial charge in [0.15, 0.2) is 0 Å². The zero-order valence-electron chi connectivity index (χ0n) is 9.39. The summed E-state index contributed by atoms with van der Waals surface area (Å²) < 4.78 is 0. The van der Waals surface area contributed by atoms with Crippen LogP contribution in [0.1, 0.15) is 24.8 Å². The molecule has 0 aromatic heterocycles. The Kier molecular flexibility index (Phi) is 2.26. The predicted octanol–water partition coefficient (Wildman–Crippen LogP) is 0.955. The molecule has 4 nitrogen and oxygen atoms in total. The molecule has 0 spiro atoms. The molecule has 2 N–H and O–H groups in total. The molecule has 1 aliphatic carbocycles. The Morgan fingerprint density at radius 3 is 2.59 bits per heavy atom. The van der Waals surface area contributed by atoms with E-state index in [1.54, 1.807) is 0 Å². The minimum atomic E-state index is -0.955. The Morgan fingerprint density at radius 2 is 2.00 bits per heavy atom. The summed E-state index contributed by atoms with van der Waals surface area (Å²) in [5, 5.41) is 13.7. The molecule has 1 saturated carbocycles. The molecule has 1 fully saturated rings. The van der Waals surface area contributed by atoms with Crippen molar-refractivity contribution in [3.63, 3.8) is 0 Å². The maximum atomic E-state index is 11.2. The number of aliphatic hydroxyl groups excluding tert-OH is 1. The summed E-state index contributed by atoms with van der Waals surface area (Å²) in [7, 11) is 0. The Bertz CT molecular complexity index is 477. The van der Waals surface area contributed by atoms with Gasteiger partial charge in [0, 0.05) is 11.8 Å². The standard InChI is InChI=1S/C13H14N2O2/c16-10-8-11(14-15-12(10)17)13(6-7-13)9-4-2-1-3-5-9/h1-5,10,16H,6-8H2,(H,15,17). The lowest BCUT2D eigenvalue weighted by atomic mass is 9.87. The van der Waals surface area contributed by atoms with Gasteiger partial charge >= 0.3 is 0 Å². The lowest BCUT2D eigenvalue weighted by molar-refractivity contribution is -0.129. The van der Waals surface area contributed by atoms with Gasteiger partial charge in [-0.15, -0.1) is 0 Å². The Morgan fingerprint density at radius 1 is 1.29 bits per heavy atom. The second kappa shape index (κ2) is 3.67. The van der Waals surface area contributed by atoms with E-state index in [9.17, 15) is 9.90 Å². The number of carbonyl (C=O) groups is 1. The largest absolute Gasteiger partial charge is 0.383 e. The van der Waals surface area contributed by atoms with Crippen molar-refractivity contribution in [3.05, 3.63) is 35.9 Å². The van der Waals surface area contributed by atoms with Crippen LogP contribution >= 0.6 is 0 Å². The van der Waals surface area contributed by atoms with Gasteiger partial charge in [-0.25, -0.2) is 5.43 Å². The third-order valence-corrected chi connectivity index (χ3v) is 3.62. The number of amides is 1. The number of hydrazone groups is 1. The van der Waals surface area contributed by atoms with Gasteiger partial charge in [-0.1, -0.05) is 30.3 Å². The average Bonchev–Trinajstić information content (AvgIpc) is 3.15. The third-order valence-electron chi connectivity index (χ3n) is 3.62. The van der Waals surface area contributed by atoms with Gasteiger partial charge in [0.1, 0.15) is 6.10 Å². The molecule has 2 aliphatic rings. The van der Waals surface area contributed by atoms with Crippen molar-refractivity contribution in [1.82, 2.24) is 5.43 Å². The highest BCUT2D eigenvalue weighted by Crippen LogP contribution is 2.50. The third kappa shape index (κ3) is 1.65. The van der Waals surface area contributed by atoms with Crippen molar-refractivity contribution in [2.75, 3.05) is 0 Å². The lowest BCUT2D eigenvalue weighted by Crippen LogP contribution is -2.41. The molecule has 1 aromatic carbocycles. The number of rotatable bonds is 2. The average molecular weight is 230 g/mol. The molecule has 1 aliphatic heterocycles. The van der Waals surface area contributed by atoms with E-state index in [2.05, 4.69) is 22.7 Å². The van der Waals surface area contributed by atoms with Gasteiger partial charge in [0.25, 0.3) is 5.91 Å². The van der Waals surface area contributed by atoms with Crippen LogP contribution in [0, 0.1) is 0 Å². The second-order valence-electron chi connectivity index (χ2n) is 4.70. The highest BCUT2D eigenvalue weighted by molar-refractivity contribution is 6.03. The molecule has 0 radical (unpaired) electrons. The fraction of sp³-hybridized carbons (Fsp3) is 0.385. The van der Waals surface area contributed by atoms with E-state index in [1.807, 2.05) is 18.2 Å². The van der Waals surface area contributed by atoms with Crippen molar-refractivity contribution in [2.24, 2.45) is 5.10 Å². The van der Waals surface area contributed by atoms with Crippen molar-refractivity contribution in [1.29, 1.82) is 0 Å². The highest BCUT2D eigenvalue weighted by atomic mass is 16.3. The van der Waals surface area contributed by atoms with Crippen LogP contribution in [0.3, 0.4) is 0 Å². The van der Waals surface area contributed by atoms with Crippen LogP contribution in [0.5, 0.6) is 0 Å². The van der Waals surface area contributed by atoms with Crippen LogP contribution in [0.25, 0.3) is 0 Å². The second-order valence-corrected chi connectivity index (χ2v) is 4.70. The van der Waals surface area contributed by atoms with Crippen molar-refractivity contribution < 1.29 is 9.90 Å². The fourth-order valence-corrected chi connectivity index (χ4v) is 2.45. The SMILES string of the molecule is O=C1NN=C(C2(c3ccccc3)CC2)CC1O. The maximum Gasteiger partial charge on any atom is 0.269 e. The maximum absolute atomic E-state index is 11.2. The van der Waals surface area contributed by atoms with Crippen LogP contribution in [-0.2, 0) is 10.2 Å². The quantitative estimate of drug-likeness (QED) is 0.794. The number of hydrogen-bond acceptors (Lipinski definition) is 3. The van der Waals surface area contributed by atoms with Crippen molar-refractivity contribution in [2.45, 2.75) is 30.8 Å². The van der Waals surface area contributed by atoms with E-state index in [0.717, 1.165) is 18.6 Å². The van der Waals surface area contributed by atoms with Gasteiger partial charge in [-0.05, 0) is 18.4 Å². The molecule has 17 heavy (non-hydrogen) atoms. The summed E-state index contributed by atoms with van der Waals surface area (Å²) in [5.41, 5.74) is 4.47. The van der Waals surface area contributed by atoms with Crippen LogP contribution < -0.4 is 5.43 Å². The summed E-state index contributed by atoms with van der Waals surface area (Å²) in [4.78, 5) is 11.2. The molecular formula is C13H14N2O2.